The monoisotopic (exact) mass is 298 g/mol. The van der Waals surface area contributed by atoms with E-state index in [0.29, 0.717) is 0 Å². The van der Waals surface area contributed by atoms with Crippen LogP contribution >= 0.6 is 0 Å². The Kier molecular flexibility index (Phi) is 5.27. The smallest absolute Gasteiger partial charge is 1.00 e. The van der Waals surface area contributed by atoms with Gasteiger partial charge in [-0.2, -0.15) is 0 Å². The number of halogens is 1. The summed E-state index contributed by atoms with van der Waals surface area (Å²) in [6.07, 6.45) is 0. The van der Waals surface area contributed by atoms with E-state index in [1.54, 1.807) is 7.11 Å². The van der Waals surface area contributed by atoms with Crippen LogP contribution in [-0.4, -0.2) is 7.11 Å². The molecule has 1 rings (SSSR count). The first-order chi connectivity index (χ1) is 4.34. The van der Waals surface area contributed by atoms with E-state index in [1.165, 1.54) is 4.16 Å². The van der Waals surface area contributed by atoms with Crippen molar-refractivity contribution < 1.29 is 47.0 Å². The van der Waals surface area contributed by atoms with Gasteiger partial charge in [0.25, 0.3) is 0 Å². The first kappa shape index (κ1) is 10.4. The fourth-order valence-corrected chi connectivity index (χ4v) is 1.54. The van der Waals surface area contributed by atoms with E-state index < -0.39 is 0 Å². The summed E-state index contributed by atoms with van der Waals surface area (Å²) in [6, 6.07) is 8.08. The average Bonchev–Trinajstić information content (AvgIpc) is 1.89. The van der Waals surface area contributed by atoms with E-state index >= 15 is 0 Å². The number of rotatable bonds is 1. The molecule has 0 amide bonds. The van der Waals surface area contributed by atoms with Gasteiger partial charge < -0.3 is 24.0 Å². The van der Waals surface area contributed by atoms with Crippen LogP contribution in [-0.2, 0) is 18.3 Å². The maximum absolute atomic E-state index is 5.08. The van der Waals surface area contributed by atoms with Crippen LogP contribution in [0.25, 0.3) is 0 Å². The number of hydrogen-bond acceptors (Lipinski definition) is 1. The number of para-hydroxylation sites is 1. The van der Waals surface area contributed by atoms with Crippen LogP contribution in [0.3, 0.4) is 0 Å². The molecule has 1 nitrogen and oxygen atoms in total. The van der Waals surface area contributed by atoms with Crippen molar-refractivity contribution in [3.63, 3.8) is 0 Å². The quantitative estimate of drug-likeness (QED) is 0.425. The van der Waals surface area contributed by atoms with Gasteiger partial charge in [-0.25, -0.2) is 0 Å². The van der Waals surface area contributed by atoms with Crippen molar-refractivity contribution in [3.8, 4) is 5.75 Å². The number of benzene rings is 1. The second-order valence-electron chi connectivity index (χ2n) is 1.81. The standard InChI is InChI=1S/C7H7O.HI.Zn/c1-8-7-5-3-2-4-6-7;;/h2-5H,1H3;1H;/q;;+1/p-1. The Bertz CT molecular complexity index is 203. The second-order valence-corrected chi connectivity index (χ2v) is 3.41. The molecule has 0 aliphatic rings. The zero-order valence-electron chi connectivity index (χ0n) is 5.80. The Hall–Kier alpha value is 0.373. The van der Waals surface area contributed by atoms with Gasteiger partial charge in [-0.1, -0.05) is 0 Å². The Balaban J connectivity index is 0.000000810. The van der Waals surface area contributed by atoms with Crippen LogP contribution in [0.4, 0.5) is 0 Å². The molecule has 0 bridgehead atoms. The third-order valence-corrected chi connectivity index (χ3v) is 2.42. The first-order valence-corrected chi connectivity index (χ1v) is 4.28. The van der Waals surface area contributed by atoms with Crippen LogP contribution in [0.5, 0.6) is 5.75 Å². The van der Waals surface area contributed by atoms with Crippen LogP contribution in [0.1, 0.15) is 0 Å². The number of hydrogen-bond donors (Lipinski definition) is 0. The molecular formula is C7H7IOZn. The van der Waals surface area contributed by atoms with Crippen molar-refractivity contribution >= 4 is 4.16 Å². The van der Waals surface area contributed by atoms with Crippen LogP contribution in [0.15, 0.2) is 24.3 Å². The Morgan fingerprint density at radius 1 is 1.30 bits per heavy atom. The zero-order chi connectivity index (χ0) is 6.69. The molecule has 0 spiro atoms. The minimum atomic E-state index is 0. The fourth-order valence-electron chi connectivity index (χ4n) is 0.703. The van der Waals surface area contributed by atoms with Gasteiger partial charge in [-0.3, -0.25) is 0 Å². The van der Waals surface area contributed by atoms with E-state index in [0.717, 1.165) is 24.1 Å². The number of methoxy groups -OCH3 is 1. The summed E-state index contributed by atoms with van der Waals surface area (Å²) in [6.45, 7) is 0. The minimum absolute atomic E-state index is 0. The molecule has 0 unspecified atom stereocenters. The first-order valence-electron chi connectivity index (χ1n) is 2.79. The van der Waals surface area contributed by atoms with Gasteiger partial charge in [0.05, 0.1) is 0 Å². The molecule has 0 atom stereocenters. The summed E-state index contributed by atoms with van der Waals surface area (Å²) in [5.74, 6) is 1.01. The molecule has 0 saturated carbocycles. The normalized spacial score (nSPS) is 8.30. The van der Waals surface area contributed by atoms with Gasteiger partial charge in [0.15, 0.2) is 0 Å². The van der Waals surface area contributed by atoms with Crippen LogP contribution < -0.4 is 32.9 Å². The predicted molar refractivity (Wildman–Crippen MR) is 32.6 cm³/mol. The summed E-state index contributed by atoms with van der Waals surface area (Å²) in [4.78, 5) is 0. The molecule has 0 heterocycles. The fraction of sp³-hybridized carbons (Fsp3) is 0.143. The Morgan fingerprint density at radius 2 is 1.90 bits per heavy atom. The summed E-state index contributed by atoms with van der Waals surface area (Å²) < 4.78 is 6.38. The molecule has 0 fully saturated rings. The third-order valence-electron chi connectivity index (χ3n) is 1.19. The summed E-state index contributed by atoms with van der Waals surface area (Å²) in [5.41, 5.74) is 0. The van der Waals surface area contributed by atoms with E-state index in [1.807, 2.05) is 18.2 Å². The van der Waals surface area contributed by atoms with E-state index in [2.05, 4.69) is 6.07 Å². The molecule has 3 heteroatoms. The molecule has 0 aromatic heterocycles. The van der Waals surface area contributed by atoms with Crippen molar-refractivity contribution in [1.29, 1.82) is 0 Å². The SMILES string of the molecule is COc1cccc[c]1[Zn+].[I-]. The average molecular weight is 299 g/mol. The third kappa shape index (κ3) is 2.55. The molecule has 0 aliphatic heterocycles. The molecule has 1 aromatic rings. The van der Waals surface area contributed by atoms with Crippen molar-refractivity contribution in [2.24, 2.45) is 0 Å². The Morgan fingerprint density at radius 3 is 2.30 bits per heavy atom. The Labute approximate surface area is 87.9 Å². The van der Waals surface area contributed by atoms with Crippen molar-refractivity contribution in [2.45, 2.75) is 0 Å². The molecule has 0 radical (unpaired) electrons. The van der Waals surface area contributed by atoms with E-state index in [9.17, 15) is 0 Å². The van der Waals surface area contributed by atoms with Crippen molar-refractivity contribution in [1.82, 2.24) is 0 Å². The maximum atomic E-state index is 5.08. The van der Waals surface area contributed by atoms with Gasteiger partial charge in [0.2, 0.25) is 0 Å². The number of ether oxygens (including phenoxy) is 1. The summed E-state index contributed by atoms with van der Waals surface area (Å²) in [5, 5.41) is 0. The largest absolute Gasteiger partial charge is 1.00 e. The molecule has 1 aromatic carbocycles. The minimum Gasteiger partial charge on any atom is -1.00 e. The van der Waals surface area contributed by atoms with E-state index in [4.69, 9.17) is 4.74 Å². The summed E-state index contributed by atoms with van der Waals surface area (Å²) >= 11 is 1.16. The van der Waals surface area contributed by atoms with Crippen molar-refractivity contribution in [3.05, 3.63) is 24.3 Å². The zero-order valence-corrected chi connectivity index (χ0v) is 10.9. The topological polar surface area (TPSA) is 9.23 Å². The summed E-state index contributed by atoms with van der Waals surface area (Å²) in [7, 11) is 1.70. The molecule has 0 N–H and O–H groups in total. The molecular weight excluding hydrogens is 292 g/mol. The molecule has 0 aliphatic carbocycles. The maximum Gasteiger partial charge on any atom is -1.00 e. The molecule has 0 saturated heterocycles. The van der Waals surface area contributed by atoms with Crippen LogP contribution in [0.2, 0.25) is 0 Å². The van der Waals surface area contributed by atoms with Gasteiger partial charge >= 0.3 is 64.3 Å². The van der Waals surface area contributed by atoms with Gasteiger partial charge in [0.1, 0.15) is 0 Å². The predicted octanol–water partition coefficient (Wildman–Crippen LogP) is -2.13. The molecule has 50 valence electrons. The van der Waals surface area contributed by atoms with Crippen molar-refractivity contribution in [2.75, 3.05) is 7.11 Å². The molecule has 10 heavy (non-hydrogen) atoms. The van der Waals surface area contributed by atoms with E-state index in [-0.39, 0.29) is 24.0 Å². The van der Waals surface area contributed by atoms with Gasteiger partial charge in [-0.15, -0.1) is 0 Å². The second kappa shape index (κ2) is 5.08. The van der Waals surface area contributed by atoms with Crippen LogP contribution in [0, 0.1) is 0 Å². The van der Waals surface area contributed by atoms with Gasteiger partial charge in [0, 0.05) is 0 Å². The van der Waals surface area contributed by atoms with Gasteiger partial charge in [-0.05, 0) is 0 Å².